The van der Waals surface area contributed by atoms with E-state index in [9.17, 15) is 0 Å². The molecule has 104 valence electrons. The SMILES string of the molecule is CCCCCCCC(C)NCCOCC(C)C. The largest absolute Gasteiger partial charge is 0.380 e. The molecule has 0 aliphatic rings. The number of unbranched alkanes of at least 4 members (excludes halogenated alkanes) is 4. The lowest BCUT2D eigenvalue weighted by molar-refractivity contribution is 0.110. The molecule has 0 spiro atoms. The van der Waals surface area contributed by atoms with Crippen molar-refractivity contribution in [1.82, 2.24) is 5.32 Å². The Bertz CT molecular complexity index is 148. The highest BCUT2D eigenvalue weighted by Crippen LogP contribution is 2.06. The number of rotatable bonds is 12. The molecule has 0 bridgehead atoms. The minimum absolute atomic E-state index is 0.638. The molecule has 1 unspecified atom stereocenters. The Balaban J connectivity index is 3.14. The Morgan fingerprint density at radius 2 is 1.71 bits per heavy atom. The third-order valence-corrected chi connectivity index (χ3v) is 2.93. The molecule has 17 heavy (non-hydrogen) atoms. The van der Waals surface area contributed by atoms with E-state index in [-0.39, 0.29) is 0 Å². The molecule has 0 aromatic heterocycles. The van der Waals surface area contributed by atoms with Crippen molar-refractivity contribution < 1.29 is 4.74 Å². The summed E-state index contributed by atoms with van der Waals surface area (Å²) in [6, 6.07) is 0.638. The zero-order valence-corrected chi connectivity index (χ0v) is 12.4. The van der Waals surface area contributed by atoms with Gasteiger partial charge in [0.1, 0.15) is 0 Å². The maximum absolute atomic E-state index is 5.54. The van der Waals surface area contributed by atoms with E-state index < -0.39 is 0 Å². The predicted octanol–water partition coefficient (Wildman–Crippen LogP) is 4.00. The van der Waals surface area contributed by atoms with Crippen molar-refractivity contribution in [2.75, 3.05) is 19.8 Å². The summed E-state index contributed by atoms with van der Waals surface area (Å²) in [4.78, 5) is 0. The van der Waals surface area contributed by atoms with Gasteiger partial charge in [0.05, 0.1) is 6.61 Å². The summed E-state index contributed by atoms with van der Waals surface area (Å²) in [6.07, 6.45) is 8.19. The van der Waals surface area contributed by atoms with Crippen molar-refractivity contribution in [2.24, 2.45) is 5.92 Å². The molecule has 0 rings (SSSR count). The number of nitrogens with one attached hydrogen (secondary N) is 1. The van der Waals surface area contributed by atoms with E-state index >= 15 is 0 Å². The molecule has 0 fully saturated rings. The molecule has 0 saturated heterocycles. The molecule has 0 heterocycles. The second-order valence-electron chi connectivity index (χ2n) is 5.53. The molecule has 0 aliphatic carbocycles. The number of hydrogen-bond acceptors (Lipinski definition) is 2. The molecule has 1 atom stereocenters. The summed E-state index contributed by atoms with van der Waals surface area (Å²) in [5.41, 5.74) is 0. The molecule has 2 heteroatoms. The molecule has 0 amide bonds. The smallest absolute Gasteiger partial charge is 0.0591 e. The third-order valence-electron chi connectivity index (χ3n) is 2.93. The Labute approximate surface area is 109 Å². The maximum atomic E-state index is 5.54. The van der Waals surface area contributed by atoms with Crippen molar-refractivity contribution in [3.63, 3.8) is 0 Å². The quantitative estimate of drug-likeness (QED) is 0.523. The third kappa shape index (κ3) is 13.9. The highest BCUT2D eigenvalue weighted by Gasteiger charge is 2.00. The van der Waals surface area contributed by atoms with Crippen LogP contribution < -0.4 is 5.32 Å². The van der Waals surface area contributed by atoms with Gasteiger partial charge in [-0.1, -0.05) is 52.9 Å². The van der Waals surface area contributed by atoms with Crippen molar-refractivity contribution >= 4 is 0 Å². The van der Waals surface area contributed by atoms with Crippen LogP contribution in [0.1, 0.15) is 66.2 Å². The molecule has 0 radical (unpaired) electrons. The predicted molar refractivity (Wildman–Crippen MR) is 76.5 cm³/mol. The Morgan fingerprint density at radius 3 is 2.35 bits per heavy atom. The Morgan fingerprint density at radius 1 is 1.00 bits per heavy atom. The monoisotopic (exact) mass is 243 g/mol. The lowest BCUT2D eigenvalue weighted by Crippen LogP contribution is -2.29. The lowest BCUT2D eigenvalue weighted by Gasteiger charge is -2.14. The van der Waals surface area contributed by atoms with Gasteiger partial charge in [0.25, 0.3) is 0 Å². The van der Waals surface area contributed by atoms with Gasteiger partial charge in [-0.25, -0.2) is 0 Å². The van der Waals surface area contributed by atoms with Crippen LogP contribution >= 0.6 is 0 Å². The van der Waals surface area contributed by atoms with Gasteiger partial charge in [-0.2, -0.15) is 0 Å². The fourth-order valence-corrected chi connectivity index (χ4v) is 1.85. The summed E-state index contributed by atoms with van der Waals surface area (Å²) in [5.74, 6) is 0.644. The molecule has 2 nitrogen and oxygen atoms in total. The van der Waals surface area contributed by atoms with Gasteiger partial charge < -0.3 is 10.1 Å². The first-order chi connectivity index (χ1) is 8.16. The summed E-state index contributed by atoms with van der Waals surface area (Å²) in [6.45, 7) is 11.6. The highest BCUT2D eigenvalue weighted by atomic mass is 16.5. The fourth-order valence-electron chi connectivity index (χ4n) is 1.85. The van der Waals surface area contributed by atoms with E-state index in [4.69, 9.17) is 4.74 Å². The summed E-state index contributed by atoms with van der Waals surface area (Å²) in [7, 11) is 0. The molecule has 1 N–H and O–H groups in total. The molecule has 0 saturated carbocycles. The van der Waals surface area contributed by atoms with Crippen LogP contribution in [0.4, 0.5) is 0 Å². The molecular formula is C15H33NO. The van der Waals surface area contributed by atoms with Crippen LogP contribution in [-0.4, -0.2) is 25.8 Å². The minimum Gasteiger partial charge on any atom is -0.380 e. The van der Waals surface area contributed by atoms with E-state index in [0.29, 0.717) is 12.0 Å². The minimum atomic E-state index is 0.638. The van der Waals surface area contributed by atoms with E-state index in [1.54, 1.807) is 0 Å². The van der Waals surface area contributed by atoms with Crippen molar-refractivity contribution in [3.05, 3.63) is 0 Å². The summed E-state index contributed by atoms with van der Waals surface area (Å²) in [5, 5.41) is 3.52. The van der Waals surface area contributed by atoms with Gasteiger partial charge in [-0.3, -0.25) is 0 Å². The van der Waals surface area contributed by atoms with Crippen LogP contribution in [0.5, 0.6) is 0 Å². The molecule has 0 aromatic carbocycles. The maximum Gasteiger partial charge on any atom is 0.0591 e. The van der Waals surface area contributed by atoms with Gasteiger partial charge in [-0.15, -0.1) is 0 Å². The number of ether oxygens (including phenoxy) is 1. The second kappa shape index (κ2) is 12.4. The van der Waals surface area contributed by atoms with Gasteiger partial charge in [0.2, 0.25) is 0 Å². The van der Waals surface area contributed by atoms with Crippen molar-refractivity contribution in [2.45, 2.75) is 72.3 Å². The lowest BCUT2D eigenvalue weighted by atomic mass is 10.1. The Hall–Kier alpha value is -0.0800. The van der Waals surface area contributed by atoms with Crippen molar-refractivity contribution in [1.29, 1.82) is 0 Å². The molecule has 0 aromatic rings. The average Bonchev–Trinajstić information content (AvgIpc) is 2.28. The fraction of sp³-hybridized carbons (Fsp3) is 1.00. The average molecular weight is 243 g/mol. The van der Waals surface area contributed by atoms with Crippen LogP contribution in [0.3, 0.4) is 0 Å². The first-order valence-corrected chi connectivity index (χ1v) is 7.48. The first kappa shape index (κ1) is 16.9. The van der Waals surface area contributed by atoms with Crippen LogP contribution in [0.25, 0.3) is 0 Å². The van der Waals surface area contributed by atoms with E-state index in [1.807, 2.05) is 0 Å². The standard InChI is InChI=1S/C15H33NO/c1-5-6-7-8-9-10-15(4)16-11-12-17-13-14(2)3/h14-16H,5-13H2,1-4H3. The zero-order chi connectivity index (χ0) is 12.9. The van der Waals surface area contributed by atoms with Crippen LogP contribution in [-0.2, 0) is 4.74 Å². The molecular weight excluding hydrogens is 210 g/mol. The van der Waals surface area contributed by atoms with Crippen LogP contribution in [0.15, 0.2) is 0 Å². The van der Waals surface area contributed by atoms with Gasteiger partial charge >= 0.3 is 0 Å². The summed E-state index contributed by atoms with van der Waals surface area (Å²) >= 11 is 0. The Kier molecular flexibility index (Phi) is 12.3. The number of hydrogen-bond donors (Lipinski definition) is 1. The first-order valence-electron chi connectivity index (χ1n) is 7.48. The highest BCUT2D eigenvalue weighted by molar-refractivity contribution is 4.60. The van der Waals surface area contributed by atoms with Gasteiger partial charge in [0, 0.05) is 19.2 Å². The van der Waals surface area contributed by atoms with Crippen molar-refractivity contribution in [3.8, 4) is 0 Å². The zero-order valence-electron chi connectivity index (χ0n) is 12.4. The second-order valence-corrected chi connectivity index (χ2v) is 5.53. The normalized spacial score (nSPS) is 13.2. The van der Waals surface area contributed by atoms with E-state index in [1.165, 1.54) is 38.5 Å². The van der Waals surface area contributed by atoms with Crippen LogP contribution in [0.2, 0.25) is 0 Å². The molecule has 0 aliphatic heterocycles. The van der Waals surface area contributed by atoms with E-state index in [2.05, 4.69) is 33.0 Å². The topological polar surface area (TPSA) is 21.3 Å². The summed E-state index contributed by atoms with van der Waals surface area (Å²) < 4.78 is 5.54. The van der Waals surface area contributed by atoms with Crippen LogP contribution in [0, 0.1) is 5.92 Å². The van der Waals surface area contributed by atoms with Gasteiger partial charge in [0.15, 0.2) is 0 Å². The van der Waals surface area contributed by atoms with Gasteiger partial charge in [-0.05, 0) is 19.3 Å². The van der Waals surface area contributed by atoms with E-state index in [0.717, 1.165) is 19.8 Å².